The van der Waals surface area contributed by atoms with Crippen LogP contribution < -0.4 is 0 Å². The molecule has 1 aliphatic heterocycles. The van der Waals surface area contributed by atoms with Gasteiger partial charge in [0.05, 0.1) is 6.10 Å². The summed E-state index contributed by atoms with van der Waals surface area (Å²) in [7, 11) is -2.53. The van der Waals surface area contributed by atoms with E-state index < -0.39 is 29.0 Å². The molecule has 0 bridgehead atoms. The van der Waals surface area contributed by atoms with E-state index in [0.717, 1.165) is 0 Å². The van der Waals surface area contributed by atoms with Crippen LogP contribution in [0.25, 0.3) is 0 Å². The molecule has 1 fully saturated rings. The van der Waals surface area contributed by atoms with Gasteiger partial charge in [-0.05, 0) is 43.2 Å². The van der Waals surface area contributed by atoms with Crippen molar-refractivity contribution >= 4 is 16.6 Å². The Balaban J connectivity index is 3.25. The summed E-state index contributed by atoms with van der Waals surface area (Å²) in [4.78, 5) is 0. The van der Waals surface area contributed by atoms with Gasteiger partial charge in [-0.3, -0.25) is 0 Å². The first kappa shape index (κ1) is 24.3. The molecule has 1 aliphatic rings. The Hall–Kier alpha value is 0.234. The van der Waals surface area contributed by atoms with Gasteiger partial charge in [0, 0.05) is 7.11 Å². The number of aliphatic hydroxyl groups is 1. The van der Waals surface area contributed by atoms with Gasteiger partial charge in [-0.1, -0.05) is 41.5 Å². The van der Waals surface area contributed by atoms with Gasteiger partial charge in [0.25, 0.3) is 0 Å². The number of rotatable bonds is 5. The molecule has 1 rings (SSSR count). The fraction of sp³-hybridized carbons (Fsp3) is 1.00. The molecular weight excluding hydrogens is 364 g/mol. The summed E-state index contributed by atoms with van der Waals surface area (Å²) in [5.74, 6) is 0. The van der Waals surface area contributed by atoms with Crippen LogP contribution in [0.4, 0.5) is 0 Å². The van der Waals surface area contributed by atoms with Gasteiger partial charge in [0.2, 0.25) is 0 Å². The van der Waals surface area contributed by atoms with Gasteiger partial charge in [-0.15, -0.1) is 0 Å². The van der Waals surface area contributed by atoms with Gasteiger partial charge < -0.3 is 23.4 Å². The third-order valence-electron chi connectivity index (χ3n) is 6.49. The van der Waals surface area contributed by atoms with Crippen molar-refractivity contribution < 1.29 is 23.4 Å². The number of aliphatic hydroxyl groups excluding tert-OH is 1. The van der Waals surface area contributed by atoms with Crippen LogP contribution in [0.1, 0.15) is 48.5 Å². The standard InChI is InChI=1S/C19H42O5Si2/c1-13-14(21-8)15(23-25(9,10)18(2,3)4)16(17(20)22-13)24-26(11,12)19(5,6)7/h13-17,20H,1-12H3/t13-,14-,15+,16-,17?/m0/s1. The fourth-order valence-corrected chi connectivity index (χ4v) is 5.20. The third-order valence-corrected chi connectivity index (χ3v) is 15.4. The lowest BCUT2D eigenvalue weighted by Gasteiger charge is -2.51. The number of methoxy groups -OCH3 is 1. The maximum Gasteiger partial charge on any atom is 0.192 e. The first-order valence-electron chi connectivity index (χ1n) is 9.66. The molecule has 0 aromatic rings. The summed E-state index contributed by atoms with van der Waals surface area (Å²) < 4.78 is 24.8. The van der Waals surface area contributed by atoms with E-state index in [2.05, 4.69) is 67.7 Å². The van der Waals surface area contributed by atoms with Gasteiger partial charge in [-0.2, -0.15) is 0 Å². The Morgan fingerprint density at radius 2 is 1.15 bits per heavy atom. The Bertz CT molecular complexity index is 468. The molecule has 156 valence electrons. The topological polar surface area (TPSA) is 57.2 Å². The number of hydrogen-bond donors (Lipinski definition) is 1. The zero-order valence-electron chi connectivity index (χ0n) is 19.0. The predicted molar refractivity (Wildman–Crippen MR) is 111 cm³/mol. The fourth-order valence-electron chi connectivity index (χ4n) is 2.61. The molecule has 0 spiro atoms. The highest BCUT2D eigenvalue weighted by atomic mass is 28.4. The summed E-state index contributed by atoms with van der Waals surface area (Å²) in [6.07, 6.45) is -2.45. The summed E-state index contributed by atoms with van der Waals surface area (Å²) >= 11 is 0. The maximum atomic E-state index is 10.7. The Morgan fingerprint density at radius 3 is 1.50 bits per heavy atom. The number of hydrogen-bond acceptors (Lipinski definition) is 5. The quantitative estimate of drug-likeness (QED) is 0.680. The van der Waals surface area contributed by atoms with Crippen molar-refractivity contribution in [3.63, 3.8) is 0 Å². The lowest BCUT2D eigenvalue weighted by Crippen LogP contribution is -2.65. The zero-order chi connectivity index (χ0) is 20.7. The van der Waals surface area contributed by atoms with E-state index in [0.29, 0.717) is 0 Å². The summed E-state index contributed by atoms with van der Waals surface area (Å²) in [5, 5.41) is 10.8. The van der Waals surface area contributed by atoms with Crippen LogP contribution in [0.3, 0.4) is 0 Å². The molecule has 1 unspecified atom stereocenters. The lowest BCUT2D eigenvalue weighted by molar-refractivity contribution is -0.274. The molecule has 0 aromatic heterocycles. The first-order chi connectivity index (χ1) is 11.4. The maximum absolute atomic E-state index is 10.7. The van der Waals surface area contributed by atoms with Gasteiger partial charge in [0.1, 0.15) is 18.3 Å². The zero-order valence-corrected chi connectivity index (χ0v) is 21.0. The molecule has 0 aliphatic carbocycles. The van der Waals surface area contributed by atoms with Crippen LogP contribution in [0.15, 0.2) is 0 Å². The molecule has 0 amide bonds. The van der Waals surface area contributed by atoms with E-state index >= 15 is 0 Å². The second-order valence-electron chi connectivity index (χ2n) is 10.6. The second kappa shape index (κ2) is 7.93. The predicted octanol–water partition coefficient (Wildman–Crippen LogP) is 4.52. The van der Waals surface area contributed by atoms with Crippen LogP contribution in [0.2, 0.25) is 36.3 Å². The molecule has 1 saturated heterocycles. The van der Waals surface area contributed by atoms with Crippen LogP contribution in [-0.4, -0.2) is 59.6 Å². The molecule has 5 nitrogen and oxygen atoms in total. The van der Waals surface area contributed by atoms with E-state index in [1.54, 1.807) is 7.11 Å². The third kappa shape index (κ3) is 5.18. The lowest BCUT2D eigenvalue weighted by atomic mass is 10.00. The average molecular weight is 407 g/mol. The van der Waals surface area contributed by atoms with E-state index in [1.807, 2.05) is 6.92 Å². The summed E-state index contributed by atoms with van der Waals surface area (Å²) in [5.41, 5.74) is 0. The van der Waals surface area contributed by atoms with E-state index in [4.69, 9.17) is 18.3 Å². The van der Waals surface area contributed by atoms with Gasteiger partial charge in [0.15, 0.2) is 22.9 Å². The van der Waals surface area contributed by atoms with Crippen LogP contribution >= 0.6 is 0 Å². The van der Waals surface area contributed by atoms with Crippen LogP contribution in [-0.2, 0) is 18.3 Å². The second-order valence-corrected chi connectivity index (χ2v) is 20.1. The molecule has 7 heteroatoms. The molecule has 0 aromatic carbocycles. The van der Waals surface area contributed by atoms with Gasteiger partial charge >= 0.3 is 0 Å². The van der Waals surface area contributed by atoms with Crippen molar-refractivity contribution in [3.8, 4) is 0 Å². The Kier molecular flexibility index (Phi) is 7.40. The smallest absolute Gasteiger partial charge is 0.192 e. The van der Waals surface area contributed by atoms with Crippen molar-refractivity contribution in [2.45, 2.75) is 115 Å². The molecule has 1 heterocycles. The Labute approximate surface area is 163 Å². The molecular formula is C19H42O5Si2. The van der Waals surface area contributed by atoms with Crippen molar-refractivity contribution in [2.75, 3.05) is 7.11 Å². The Morgan fingerprint density at radius 1 is 0.769 bits per heavy atom. The van der Waals surface area contributed by atoms with Crippen LogP contribution in [0, 0.1) is 0 Å². The van der Waals surface area contributed by atoms with Crippen molar-refractivity contribution in [3.05, 3.63) is 0 Å². The molecule has 26 heavy (non-hydrogen) atoms. The van der Waals surface area contributed by atoms with Crippen molar-refractivity contribution in [1.82, 2.24) is 0 Å². The number of ether oxygens (including phenoxy) is 2. The molecule has 0 radical (unpaired) electrons. The van der Waals surface area contributed by atoms with Crippen molar-refractivity contribution in [2.24, 2.45) is 0 Å². The monoisotopic (exact) mass is 406 g/mol. The first-order valence-corrected chi connectivity index (χ1v) is 15.5. The largest absolute Gasteiger partial charge is 0.408 e. The van der Waals surface area contributed by atoms with Crippen molar-refractivity contribution in [1.29, 1.82) is 0 Å². The summed E-state index contributed by atoms with van der Waals surface area (Å²) in [6.45, 7) is 23.9. The van der Waals surface area contributed by atoms with E-state index in [-0.39, 0.29) is 28.4 Å². The highest BCUT2D eigenvalue weighted by Gasteiger charge is 2.52. The minimum atomic E-state index is -2.12. The minimum absolute atomic E-state index is 0.0277. The SMILES string of the molecule is CO[C@@H]1[C@@H](O[Si](C)(C)C(C)(C)C)[C@H](O[Si](C)(C)C(C)(C)C)C(O)O[C@H]1C. The molecule has 1 N–H and O–H groups in total. The average Bonchev–Trinajstić information content (AvgIpc) is 2.40. The minimum Gasteiger partial charge on any atom is -0.408 e. The van der Waals surface area contributed by atoms with E-state index in [9.17, 15) is 5.11 Å². The molecule has 5 atom stereocenters. The highest BCUT2D eigenvalue weighted by Crippen LogP contribution is 2.43. The highest BCUT2D eigenvalue weighted by molar-refractivity contribution is 6.74. The normalized spacial score (nSPS) is 32.0. The van der Waals surface area contributed by atoms with Crippen LogP contribution in [0.5, 0.6) is 0 Å². The van der Waals surface area contributed by atoms with E-state index in [1.165, 1.54) is 0 Å². The van der Waals surface area contributed by atoms with Gasteiger partial charge in [-0.25, -0.2) is 0 Å². The molecule has 0 saturated carbocycles. The summed E-state index contributed by atoms with van der Waals surface area (Å²) in [6, 6.07) is 0.